The Labute approximate surface area is 250 Å². The molecule has 0 bridgehead atoms. The second-order valence-electron chi connectivity index (χ2n) is 9.78. The molecule has 2 rings (SSSR count). The first kappa shape index (κ1) is 36.2. The first-order chi connectivity index (χ1) is 18.9. The Morgan fingerprint density at radius 3 is 1.90 bits per heavy atom. The summed E-state index contributed by atoms with van der Waals surface area (Å²) in [6.45, 7) is 2.80. The molecule has 2 aromatic carbocycles. The van der Waals surface area contributed by atoms with E-state index in [1.807, 2.05) is 0 Å². The third-order valence-corrected chi connectivity index (χ3v) is 8.99. The summed E-state index contributed by atoms with van der Waals surface area (Å²) in [5, 5.41) is -0.760. The SMILES string of the molecule is CC(C)[C@@H](CC(=O)c1ccc(/C=C/C(c2cc(Cl)c(Cl)c(Cl)c2)C(F)(F)F)cc1C(F)(F)F)CS(=O)(=O)CC(F)(F)F. The van der Waals surface area contributed by atoms with Crippen molar-refractivity contribution in [1.29, 1.82) is 0 Å². The molecule has 0 radical (unpaired) electrons. The quantitative estimate of drug-likeness (QED) is 0.142. The van der Waals surface area contributed by atoms with Gasteiger partial charge in [-0.25, -0.2) is 8.42 Å². The molecule has 3 nitrogen and oxygen atoms in total. The van der Waals surface area contributed by atoms with Gasteiger partial charge in [-0.1, -0.05) is 72.9 Å². The van der Waals surface area contributed by atoms with Gasteiger partial charge in [0.25, 0.3) is 0 Å². The maximum Gasteiger partial charge on any atom is 0.417 e. The van der Waals surface area contributed by atoms with E-state index in [2.05, 4.69) is 0 Å². The zero-order valence-corrected chi connectivity index (χ0v) is 24.6. The minimum atomic E-state index is -5.16. The second-order valence-corrected chi connectivity index (χ2v) is 13.1. The number of rotatable bonds is 10. The van der Waals surface area contributed by atoms with E-state index in [1.54, 1.807) is 0 Å². The van der Waals surface area contributed by atoms with Crippen molar-refractivity contribution in [2.75, 3.05) is 11.5 Å². The normalized spacial score (nSPS) is 14.9. The van der Waals surface area contributed by atoms with Crippen LogP contribution in [0.25, 0.3) is 6.08 Å². The summed E-state index contributed by atoms with van der Waals surface area (Å²) in [5.74, 6) is -8.73. The van der Waals surface area contributed by atoms with E-state index in [4.69, 9.17) is 34.8 Å². The molecule has 234 valence electrons. The monoisotopic (exact) mass is 690 g/mol. The fourth-order valence-corrected chi connectivity index (χ4v) is 6.37. The third kappa shape index (κ3) is 10.3. The van der Waals surface area contributed by atoms with Crippen LogP contribution in [0.15, 0.2) is 36.4 Å². The average Bonchev–Trinajstić information content (AvgIpc) is 2.78. The Hall–Kier alpha value is -1.96. The molecular weight excluding hydrogens is 670 g/mol. The van der Waals surface area contributed by atoms with Gasteiger partial charge in [-0.05, 0) is 41.2 Å². The Morgan fingerprint density at radius 2 is 1.45 bits per heavy atom. The Balaban J connectivity index is 2.45. The zero-order valence-electron chi connectivity index (χ0n) is 21.6. The summed E-state index contributed by atoms with van der Waals surface area (Å²) in [6.07, 6.45) is -14.6. The standard InChI is InChI=1S/C26H22Cl3F9O3S/c1-13(2)16(11-42(40,41)12-24(30,31)32)10-22(39)17-5-3-14(7-19(17)26(36,37)38)4-6-18(25(33,34)35)15-8-20(27)23(29)21(28)9-15/h3-9,13,16,18H,10-12H2,1-2H3/b6-4+/t16-,18?/m0/s1. The van der Waals surface area contributed by atoms with Gasteiger partial charge in [-0.3, -0.25) is 4.79 Å². The first-order valence-electron chi connectivity index (χ1n) is 11.8. The molecule has 0 aliphatic heterocycles. The predicted molar refractivity (Wildman–Crippen MR) is 143 cm³/mol. The van der Waals surface area contributed by atoms with Gasteiger partial charge < -0.3 is 0 Å². The lowest BCUT2D eigenvalue weighted by Crippen LogP contribution is -2.31. The lowest BCUT2D eigenvalue weighted by molar-refractivity contribution is -0.139. The molecule has 0 saturated heterocycles. The van der Waals surface area contributed by atoms with Crippen molar-refractivity contribution in [3.63, 3.8) is 0 Å². The molecule has 0 aliphatic carbocycles. The highest BCUT2D eigenvalue weighted by atomic mass is 35.5. The molecule has 1 unspecified atom stereocenters. The third-order valence-electron chi connectivity index (χ3n) is 6.09. The van der Waals surface area contributed by atoms with Crippen LogP contribution in [0.4, 0.5) is 39.5 Å². The topological polar surface area (TPSA) is 51.2 Å². The van der Waals surface area contributed by atoms with Crippen molar-refractivity contribution in [3.05, 3.63) is 73.7 Å². The van der Waals surface area contributed by atoms with Crippen LogP contribution in [-0.2, 0) is 16.0 Å². The molecule has 0 fully saturated rings. The van der Waals surface area contributed by atoms with E-state index >= 15 is 0 Å². The van der Waals surface area contributed by atoms with Gasteiger partial charge >= 0.3 is 18.5 Å². The summed E-state index contributed by atoms with van der Waals surface area (Å²) in [5.41, 5.74) is -3.24. The number of hydrogen-bond donors (Lipinski definition) is 0. The van der Waals surface area contributed by atoms with E-state index in [0.717, 1.165) is 24.3 Å². The number of hydrogen-bond acceptors (Lipinski definition) is 3. The number of carbonyl (C=O) groups is 1. The molecule has 0 heterocycles. The largest absolute Gasteiger partial charge is 0.417 e. The summed E-state index contributed by atoms with van der Waals surface area (Å²) in [6, 6.07) is 3.90. The number of sulfone groups is 1. The van der Waals surface area contributed by atoms with Crippen molar-refractivity contribution in [3.8, 4) is 0 Å². The van der Waals surface area contributed by atoms with Crippen LogP contribution in [-0.4, -0.2) is 38.1 Å². The van der Waals surface area contributed by atoms with Crippen LogP contribution in [0.2, 0.25) is 15.1 Å². The molecule has 2 aromatic rings. The minimum Gasteiger partial charge on any atom is -0.294 e. The van der Waals surface area contributed by atoms with Crippen LogP contribution >= 0.6 is 34.8 Å². The summed E-state index contributed by atoms with van der Waals surface area (Å²) in [7, 11) is -4.74. The van der Waals surface area contributed by atoms with Crippen molar-refractivity contribution >= 4 is 56.5 Å². The molecule has 16 heteroatoms. The van der Waals surface area contributed by atoms with E-state index in [9.17, 15) is 52.7 Å². The molecule has 0 spiro atoms. The van der Waals surface area contributed by atoms with Crippen molar-refractivity contribution in [2.24, 2.45) is 11.8 Å². The first-order valence-corrected chi connectivity index (χ1v) is 14.8. The van der Waals surface area contributed by atoms with E-state index < -0.39 is 86.5 Å². The molecule has 0 N–H and O–H groups in total. The number of benzene rings is 2. The van der Waals surface area contributed by atoms with Crippen molar-refractivity contribution in [2.45, 2.75) is 44.7 Å². The number of Topliss-reactive ketones (excluding diaryl/α,β-unsaturated/α-hetero) is 1. The maximum absolute atomic E-state index is 13.9. The van der Waals surface area contributed by atoms with Crippen LogP contribution in [0, 0.1) is 11.8 Å². The number of halogens is 12. The molecule has 0 aliphatic rings. The Kier molecular flexibility index (Phi) is 11.5. The summed E-state index contributed by atoms with van der Waals surface area (Å²) >= 11 is 17.4. The van der Waals surface area contributed by atoms with Crippen LogP contribution in [0.1, 0.15) is 53.2 Å². The Morgan fingerprint density at radius 1 is 0.905 bits per heavy atom. The number of carbonyl (C=O) groups excluding carboxylic acids is 1. The van der Waals surface area contributed by atoms with Gasteiger partial charge in [0.05, 0.1) is 32.3 Å². The van der Waals surface area contributed by atoms with E-state index in [-0.39, 0.29) is 20.6 Å². The van der Waals surface area contributed by atoms with Gasteiger partial charge in [-0.15, -0.1) is 0 Å². The highest BCUT2D eigenvalue weighted by molar-refractivity contribution is 7.91. The van der Waals surface area contributed by atoms with E-state index in [1.165, 1.54) is 13.8 Å². The molecule has 0 aromatic heterocycles. The van der Waals surface area contributed by atoms with Gasteiger partial charge in [0, 0.05) is 12.0 Å². The fourth-order valence-electron chi connectivity index (χ4n) is 3.98. The number of allylic oxidation sites excluding steroid dienone is 1. The molecule has 0 amide bonds. The maximum atomic E-state index is 13.9. The van der Waals surface area contributed by atoms with Gasteiger partial charge in [0.1, 0.15) is 5.75 Å². The van der Waals surface area contributed by atoms with Gasteiger partial charge in [0.15, 0.2) is 15.6 Å². The molecule has 42 heavy (non-hydrogen) atoms. The molecule has 0 saturated carbocycles. The summed E-state index contributed by atoms with van der Waals surface area (Å²) in [4.78, 5) is 12.9. The lowest BCUT2D eigenvalue weighted by atomic mass is 9.88. The average molecular weight is 692 g/mol. The lowest BCUT2D eigenvalue weighted by Gasteiger charge is -2.22. The predicted octanol–water partition coefficient (Wildman–Crippen LogP) is 9.85. The van der Waals surface area contributed by atoms with Crippen LogP contribution in [0.5, 0.6) is 0 Å². The summed E-state index contributed by atoms with van der Waals surface area (Å²) < 4.78 is 145. The fraction of sp³-hybridized carbons (Fsp3) is 0.423. The highest BCUT2D eigenvalue weighted by Crippen LogP contribution is 2.41. The number of ketones is 1. The second kappa shape index (κ2) is 13.4. The highest BCUT2D eigenvalue weighted by Gasteiger charge is 2.41. The minimum absolute atomic E-state index is 0.195. The van der Waals surface area contributed by atoms with Crippen molar-refractivity contribution < 1.29 is 52.7 Å². The van der Waals surface area contributed by atoms with Crippen LogP contribution < -0.4 is 0 Å². The Bertz CT molecular complexity index is 1410. The van der Waals surface area contributed by atoms with E-state index in [0.29, 0.717) is 18.2 Å². The van der Waals surface area contributed by atoms with Gasteiger partial charge in [-0.2, -0.15) is 39.5 Å². The smallest absolute Gasteiger partial charge is 0.294 e. The molecular formula is C26H22Cl3F9O3S. The van der Waals surface area contributed by atoms with Gasteiger partial charge in [0.2, 0.25) is 0 Å². The van der Waals surface area contributed by atoms with Crippen molar-refractivity contribution in [1.82, 2.24) is 0 Å². The number of alkyl halides is 9. The van der Waals surface area contributed by atoms with Crippen LogP contribution in [0.3, 0.4) is 0 Å². The molecule has 2 atom stereocenters. The zero-order chi connectivity index (χ0) is 32.4.